The maximum Gasteiger partial charge on any atom is 0.241 e. The highest BCUT2D eigenvalue weighted by atomic mass is 79.9. The second-order valence-corrected chi connectivity index (χ2v) is 7.83. The second kappa shape index (κ2) is 9.22. The molecule has 0 radical (unpaired) electrons. The van der Waals surface area contributed by atoms with Crippen LogP contribution < -0.4 is 4.72 Å². The SMILES string of the molecule is COCCOCCCNS(=O)(=O)c1cc(Br)c(C)cc1Br. The van der Waals surface area contributed by atoms with Gasteiger partial charge in [-0.25, -0.2) is 13.1 Å². The molecule has 0 aliphatic heterocycles. The van der Waals surface area contributed by atoms with E-state index in [4.69, 9.17) is 9.47 Å². The number of methoxy groups -OCH3 is 1. The van der Waals surface area contributed by atoms with Crippen LogP contribution in [0.3, 0.4) is 0 Å². The third kappa shape index (κ3) is 6.33. The molecule has 1 rings (SSSR count). The lowest BCUT2D eigenvalue weighted by Crippen LogP contribution is -2.26. The van der Waals surface area contributed by atoms with Crippen LogP contribution >= 0.6 is 31.9 Å². The van der Waals surface area contributed by atoms with E-state index in [-0.39, 0.29) is 4.90 Å². The predicted octanol–water partition coefficient (Wildman–Crippen LogP) is 2.85. The van der Waals surface area contributed by atoms with Gasteiger partial charge < -0.3 is 9.47 Å². The summed E-state index contributed by atoms with van der Waals surface area (Å²) in [5.41, 5.74) is 0.965. The molecule has 0 unspecified atom stereocenters. The van der Waals surface area contributed by atoms with Crippen LogP contribution in [0.5, 0.6) is 0 Å². The van der Waals surface area contributed by atoms with Crippen molar-refractivity contribution in [2.45, 2.75) is 18.2 Å². The van der Waals surface area contributed by atoms with Gasteiger partial charge in [-0.2, -0.15) is 0 Å². The van der Waals surface area contributed by atoms with E-state index in [0.717, 1.165) is 10.0 Å². The van der Waals surface area contributed by atoms with E-state index in [1.54, 1.807) is 19.2 Å². The first-order valence-electron chi connectivity index (χ1n) is 6.40. The first kappa shape index (κ1) is 19.1. The molecular weight excluding hydrogens is 426 g/mol. The minimum atomic E-state index is -3.53. The molecule has 0 bridgehead atoms. The monoisotopic (exact) mass is 443 g/mol. The molecule has 120 valence electrons. The summed E-state index contributed by atoms with van der Waals surface area (Å²) in [6, 6.07) is 3.36. The van der Waals surface area contributed by atoms with Crippen molar-refractivity contribution in [1.29, 1.82) is 0 Å². The second-order valence-electron chi connectivity index (χ2n) is 4.39. The Morgan fingerprint density at radius 3 is 2.52 bits per heavy atom. The Bertz CT molecular complexity index is 564. The van der Waals surface area contributed by atoms with Gasteiger partial charge in [-0.05, 0) is 47.0 Å². The summed E-state index contributed by atoms with van der Waals surface area (Å²) in [6.45, 7) is 3.77. The minimum Gasteiger partial charge on any atom is -0.382 e. The third-order valence-corrected chi connectivity index (χ3v) is 5.97. The summed E-state index contributed by atoms with van der Waals surface area (Å²) in [7, 11) is -1.93. The fraction of sp³-hybridized carbons (Fsp3) is 0.538. The Labute approximate surface area is 142 Å². The molecule has 0 atom stereocenters. The molecule has 1 aromatic rings. The predicted molar refractivity (Wildman–Crippen MR) is 89.1 cm³/mol. The van der Waals surface area contributed by atoms with Gasteiger partial charge in [0.25, 0.3) is 0 Å². The van der Waals surface area contributed by atoms with E-state index < -0.39 is 10.0 Å². The number of hydrogen-bond acceptors (Lipinski definition) is 4. The zero-order chi connectivity index (χ0) is 15.9. The Morgan fingerprint density at radius 1 is 1.14 bits per heavy atom. The molecule has 5 nitrogen and oxygen atoms in total. The number of sulfonamides is 1. The van der Waals surface area contributed by atoms with Crippen LogP contribution in [0, 0.1) is 6.92 Å². The van der Waals surface area contributed by atoms with Gasteiger partial charge in [0.05, 0.1) is 18.1 Å². The van der Waals surface area contributed by atoms with Gasteiger partial charge in [0.1, 0.15) is 0 Å². The maximum absolute atomic E-state index is 12.2. The standard InChI is InChI=1S/C13H19Br2NO4S/c1-10-8-12(15)13(9-11(10)14)21(17,18)16-4-3-5-20-7-6-19-2/h8-9,16H,3-7H2,1-2H3. The molecule has 0 saturated heterocycles. The number of ether oxygens (including phenoxy) is 2. The quantitative estimate of drug-likeness (QED) is 0.594. The molecule has 0 aromatic heterocycles. The van der Waals surface area contributed by atoms with Crippen LogP contribution in [0.2, 0.25) is 0 Å². The Kier molecular flexibility index (Phi) is 8.36. The van der Waals surface area contributed by atoms with Crippen LogP contribution in [0.4, 0.5) is 0 Å². The van der Waals surface area contributed by atoms with E-state index >= 15 is 0 Å². The molecule has 0 fully saturated rings. The number of nitrogens with one attached hydrogen (secondary N) is 1. The van der Waals surface area contributed by atoms with Gasteiger partial charge in [-0.15, -0.1) is 0 Å². The van der Waals surface area contributed by atoms with Crippen molar-refractivity contribution in [1.82, 2.24) is 4.72 Å². The number of benzene rings is 1. The lowest BCUT2D eigenvalue weighted by Gasteiger charge is -2.10. The van der Waals surface area contributed by atoms with Crippen molar-refractivity contribution in [3.63, 3.8) is 0 Å². The summed E-state index contributed by atoms with van der Waals surface area (Å²) in [4.78, 5) is 0.222. The molecule has 21 heavy (non-hydrogen) atoms. The number of aryl methyl sites for hydroxylation is 1. The van der Waals surface area contributed by atoms with Gasteiger partial charge in [-0.3, -0.25) is 0 Å². The molecule has 0 aliphatic carbocycles. The normalized spacial score (nSPS) is 11.8. The highest BCUT2D eigenvalue weighted by molar-refractivity contribution is 9.11. The van der Waals surface area contributed by atoms with Crippen molar-refractivity contribution in [3.05, 3.63) is 26.6 Å². The van der Waals surface area contributed by atoms with Crippen molar-refractivity contribution in [2.24, 2.45) is 0 Å². The number of rotatable bonds is 9. The average molecular weight is 445 g/mol. The molecule has 1 aromatic carbocycles. The van der Waals surface area contributed by atoms with Crippen LogP contribution in [0.1, 0.15) is 12.0 Å². The van der Waals surface area contributed by atoms with E-state index in [2.05, 4.69) is 36.6 Å². The zero-order valence-electron chi connectivity index (χ0n) is 12.0. The van der Waals surface area contributed by atoms with Gasteiger partial charge >= 0.3 is 0 Å². The van der Waals surface area contributed by atoms with Crippen LogP contribution in [0.15, 0.2) is 26.0 Å². The molecule has 0 aliphatic rings. The van der Waals surface area contributed by atoms with E-state index in [0.29, 0.717) is 37.3 Å². The first-order chi connectivity index (χ1) is 9.88. The maximum atomic E-state index is 12.2. The lowest BCUT2D eigenvalue weighted by molar-refractivity contribution is 0.0699. The van der Waals surface area contributed by atoms with Gasteiger partial charge in [0, 0.05) is 29.2 Å². The molecule has 0 heterocycles. The van der Waals surface area contributed by atoms with Crippen LogP contribution in [-0.2, 0) is 19.5 Å². The minimum absolute atomic E-state index is 0.222. The van der Waals surface area contributed by atoms with Crippen molar-refractivity contribution in [2.75, 3.05) is 33.5 Å². The molecule has 0 spiro atoms. The largest absolute Gasteiger partial charge is 0.382 e. The first-order valence-corrected chi connectivity index (χ1v) is 9.47. The molecular formula is C13H19Br2NO4S. The molecule has 0 amide bonds. The molecule has 0 saturated carbocycles. The van der Waals surface area contributed by atoms with Gasteiger partial charge in [0.15, 0.2) is 0 Å². The van der Waals surface area contributed by atoms with Crippen LogP contribution in [-0.4, -0.2) is 41.9 Å². The lowest BCUT2D eigenvalue weighted by atomic mass is 10.2. The van der Waals surface area contributed by atoms with E-state index in [1.807, 2.05) is 6.92 Å². The summed E-state index contributed by atoms with van der Waals surface area (Å²) in [5, 5.41) is 0. The van der Waals surface area contributed by atoms with E-state index in [1.165, 1.54) is 0 Å². The number of hydrogen-bond donors (Lipinski definition) is 1. The topological polar surface area (TPSA) is 64.6 Å². The smallest absolute Gasteiger partial charge is 0.241 e. The molecule has 8 heteroatoms. The summed E-state index contributed by atoms with van der Waals surface area (Å²) in [6.07, 6.45) is 0.605. The van der Waals surface area contributed by atoms with Gasteiger partial charge in [-0.1, -0.05) is 15.9 Å². The van der Waals surface area contributed by atoms with Crippen molar-refractivity contribution >= 4 is 41.9 Å². The Morgan fingerprint density at radius 2 is 1.86 bits per heavy atom. The average Bonchev–Trinajstić information content (AvgIpc) is 2.41. The Hall–Kier alpha value is 0.01000. The summed E-state index contributed by atoms with van der Waals surface area (Å²) in [5.74, 6) is 0. The summed E-state index contributed by atoms with van der Waals surface area (Å²) < 4.78 is 38.5. The highest BCUT2D eigenvalue weighted by Gasteiger charge is 2.18. The fourth-order valence-corrected chi connectivity index (χ4v) is 4.29. The van der Waals surface area contributed by atoms with Crippen molar-refractivity contribution < 1.29 is 17.9 Å². The van der Waals surface area contributed by atoms with Gasteiger partial charge in [0.2, 0.25) is 10.0 Å². The highest BCUT2D eigenvalue weighted by Crippen LogP contribution is 2.28. The Balaban J connectivity index is 2.53. The summed E-state index contributed by atoms with van der Waals surface area (Å²) >= 11 is 6.63. The van der Waals surface area contributed by atoms with Crippen molar-refractivity contribution in [3.8, 4) is 0 Å². The number of halogens is 2. The third-order valence-electron chi connectivity index (χ3n) is 2.69. The van der Waals surface area contributed by atoms with E-state index in [9.17, 15) is 8.42 Å². The zero-order valence-corrected chi connectivity index (χ0v) is 16.0. The molecule has 1 N–H and O–H groups in total. The fourth-order valence-electron chi connectivity index (χ4n) is 1.54. The van der Waals surface area contributed by atoms with Crippen LogP contribution in [0.25, 0.3) is 0 Å².